The van der Waals surface area contributed by atoms with Crippen LogP contribution in [-0.4, -0.2) is 24.0 Å². The Labute approximate surface area is 102 Å². The van der Waals surface area contributed by atoms with Gasteiger partial charge in [0.2, 0.25) is 0 Å². The van der Waals surface area contributed by atoms with E-state index in [0.717, 1.165) is 15.9 Å². The van der Waals surface area contributed by atoms with Crippen LogP contribution in [0.2, 0.25) is 0 Å². The number of hydrogen-bond donors (Lipinski definition) is 0. The summed E-state index contributed by atoms with van der Waals surface area (Å²) in [6.45, 7) is 2.69. The van der Waals surface area contributed by atoms with Crippen LogP contribution in [0.3, 0.4) is 0 Å². The first kappa shape index (κ1) is 11.8. The smallest absolute Gasteiger partial charge is 0.251 e. The Hall–Kier alpha value is -0.710. The highest BCUT2D eigenvalue weighted by Gasteiger charge is 2.34. The summed E-state index contributed by atoms with van der Waals surface area (Å²) in [6, 6.07) is 1.89. The number of pyridine rings is 1. The third kappa shape index (κ3) is 2.34. The van der Waals surface area contributed by atoms with E-state index in [1.54, 1.807) is 6.20 Å². The molecule has 2 rings (SSSR count). The highest BCUT2D eigenvalue weighted by molar-refractivity contribution is 9.10. The lowest BCUT2D eigenvalue weighted by Gasteiger charge is -2.33. The maximum absolute atomic E-state index is 13.0. The Balaban J connectivity index is 2.17. The van der Waals surface area contributed by atoms with Gasteiger partial charge in [-0.2, -0.15) is 0 Å². The number of alkyl halides is 2. The quantitative estimate of drug-likeness (QED) is 0.788. The Kier molecular flexibility index (Phi) is 3.15. The molecule has 1 saturated heterocycles. The van der Waals surface area contributed by atoms with Crippen molar-refractivity contribution >= 4 is 21.7 Å². The Morgan fingerprint density at radius 3 is 2.62 bits per heavy atom. The fourth-order valence-electron chi connectivity index (χ4n) is 1.79. The van der Waals surface area contributed by atoms with Gasteiger partial charge in [-0.15, -0.1) is 0 Å². The fourth-order valence-corrected chi connectivity index (χ4v) is 2.28. The molecule has 2 nitrogen and oxygen atoms in total. The predicted molar refractivity (Wildman–Crippen MR) is 63.1 cm³/mol. The monoisotopic (exact) mass is 290 g/mol. The molecule has 2 heterocycles. The summed E-state index contributed by atoms with van der Waals surface area (Å²) in [5.74, 6) is -1.73. The first-order valence-corrected chi connectivity index (χ1v) is 6.03. The minimum absolute atomic E-state index is 0.0882. The summed E-state index contributed by atoms with van der Waals surface area (Å²) in [6.07, 6.45) is 1.53. The van der Waals surface area contributed by atoms with Crippen LogP contribution in [0.4, 0.5) is 14.6 Å². The normalized spacial score (nSPS) is 19.9. The van der Waals surface area contributed by atoms with E-state index in [4.69, 9.17) is 0 Å². The van der Waals surface area contributed by atoms with E-state index in [9.17, 15) is 8.78 Å². The van der Waals surface area contributed by atoms with Gasteiger partial charge in [0, 0.05) is 32.1 Å². The fraction of sp³-hybridized carbons (Fsp3) is 0.545. The molecule has 1 aromatic rings. The van der Waals surface area contributed by atoms with E-state index in [1.165, 1.54) is 0 Å². The molecule has 1 aliphatic heterocycles. The summed E-state index contributed by atoms with van der Waals surface area (Å²) in [5.41, 5.74) is 1.07. The molecule has 0 aliphatic carbocycles. The van der Waals surface area contributed by atoms with E-state index in [2.05, 4.69) is 20.9 Å². The van der Waals surface area contributed by atoms with E-state index >= 15 is 0 Å². The molecule has 0 atom stereocenters. The van der Waals surface area contributed by atoms with Crippen LogP contribution in [0.15, 0.2) is 16.7 Å². The van der Waals surface area contributed by atoms with E-state index < -0.39 is 5.92 Å². The number of nitrogens with zero attached hydrogens (tertiary/aromatic N) is 2. The lowest BCUT2D eigenvalue weighted by molar-refractivity contribution is -0.0221. The Bertz CT molecular complexity index is 386. The van der Waals surface area contributed by atoms with Gasteiger partial charge in [0.05, 0.1) is 4.47 Å². The van der Waals surface area contributed by atoms with Gasteiger partial charge in [-0.1, -0.05) is 0 Å². The molecule has 88 valence electrons. The lowest BCUT2D eigenvalue weighted by atomic mass is 10.1. The molecule has 1 aromatic heterocycles. The van der Waals surface area contributed by atoms with Crippen LogP contribution in [-0.2, 0) is 0 Å². The minimum atomic E-state index is -2.51. The molecule has 0 N–H and O–H groups in total. The zero-order chi connectivity index (χ0) is 11.8. The summed E-state index contributed by atoms with van der Waals surface area (Å²) in [5, 5.41) is 0. The predicted octanol–water partition coefficient (Wildman–Crippen LogP) is 3.39. The molecule has 5 heteroatoms. The molecule has 0 bridgehead atoms. The van der Waals surface area contributed by atoms with Crippen LogP contribution >= 0.6 is 15.9 Å². The molecule has 0 amide bonds. The van der Waals surface area contributed by atoms with Crippen LogP contribution in [0.1, 0.15) is 18.4 Å². The second kappa shape index (κ2) is 4.28. The van der Waals surface area contributed by atoms with Crippen molar-refractivity contribution in [2.75, 3.05) is 18.0 Å². The van der Waals surface area contributed by atoms with Gasteiger partial charge in [-0.05, 0) is 34.5 Å². The van der Waals surface area contributed by atoms with E-state index in [-0.39, 0.29) is 12.8 Å². The Morgan fingerprint density at radius 1 is 1.38 bits per heavy atom. The van der Waals surface area contributed by atoms with Gasteiger partial charge >= 0.3 is 0 Å². The topological polar surface area (TPSA) is 16.1 Å². The van der Waals surface area contributed by atoms with Gasteiger partial charge in [0.15, 0.2) is 0 Å². The molecule has 1 fully saturated rings. The maximum Gasteiger partial charge on any atom is 0.251 e. The van der Waals surface area contributed by atoms with Crippen LogP contribution in [0, 0.1) is 6.92 Å². The van der Waals surface area contributed by atoms with Crippen LogP contribution in [0.25, 0.3) is 0 Å². The largest absolute Gasteiger partial charge is 0.355 e. The highest BCUT2D eigenvalue weighted by Crippen LogP contribution is 2.33. The van der Waals surface area contributed by atoms with E-state index in [1.807, 2.05) is 17.9 Å². The maximum atomic E-state index is 13.0. The van der Waals surface area contributed by atoms with Crippen molar-refractivity contribution in [3.8, 4) is 0 Å². The van der Waals surface area contributed by atoms with Crippen molar-refractivity contribution in [2.24, 2.45) is 0 Å². The van der Waals surface area contributed by atoms with Crippen molar-refractivity contribution in [2.45, 2.75) is 25.7 Å². The van der Waals surface area contributed by atoms with E-state index in [0.29, 0.717) is 13.1 Å². The van der Waals surface area contributed by atoms with Crippen LogP contribution < -0.4 is 4.90 Å². The summed E-state index contributed by atoms with van der Waals surface area (Å²) >= 11 is 3.45. The molecule has 0 aromatic carbocycles. The number of halogens is 3. The number of aromatic nitrogens is 1. The number of hydrogen-bond acceptors (Lipinski definition) is 2. The highest BCUT2D eigenvalue weighted by atomic mass is 79.9. The minimum Gasteiger partial charge on any atom is -0.355 e. The van der Waals surface area contributed by atoms with Crippen molar-refractivity contribution in [3.05, 3.63) is 22.3 Å². The molecule has 0 spiro atoms. The average molecular weight is 291 g/mol. The first-order chi connectivity index (χ1) is 7.49. The van der Waals surface area contributed by atoms with Crippen LogP contribution in [0.5, 0.6) is 0 Å². The van der Waals surface area contributed by atoms with Crippen molar-refractivity contribution in [1.29, 1.82) is 0 Å². The lowest BCUT2D eigenvalue weighted by Crippen LogP contribution is -2.39. The SMILES string of the molecule is Cc1ccnc(N2CCC(F)(F)CC2)c1Br. The van der Waals surface area contributed by atoms with Crippen molar-refractivity contribution < 1.29 is 8.78 Å². The Morgan fingerprint density at radius 2 is 2.00 bits per heavy atom. The molecule has 0 radical (unpaired) electrons. The van der Waals surface area contributed by atoms with Gasteiger partial charge in [0.25, 0.3) is 5.92 Å². The van der Waals surface area contributed by atoms with Gasteiger partial charge in [-0.25, -0.2) is 13.8 Å². The first-order valence-electron chi connectivity index (χ1n) is 5.23. The molecular formula is C11H13BrF2N2. The number of aryl methyl sites for hydroxylation is 1. The van der Waals surface area contributed by atoms with Gasteiger partial charge < -0.3 is 4.90 Å². The standard InChI is InChI=1S/C11H13BrF2N2/c1-8-2-5-15-10(9(8)12)16-6-3-11(13,14)4-7-16/h2,5H,3-4,6-7H2,1H3. The number of anilines is 1. The van der Waals surface area contributed by atoms with Gasteiger partial charge in [0.1, 0.15) is 5.82 Å². The zero-order valence-corrected chi connectivity index (χ0v) is 10.6. The molecule has 16 heavy (non-hydrogen) atoms. The average Bonchev–Trinajstić information content (AvgIpc) is 2.23. The summed E-state index contributed by atoms with van der Waals surface area (Å²) in [7, 11) is 0. The molecule has 0 saturated carbocycles. The molecule has 0 unspecified atom stereocenters. The summed E-state index contributed by atoms with van der Waals surface area (Å²) < 4.78 is 26.9. The second-order valence-corrected chi connectivity index (χ2v) is 4.90. The molecular weight excluding hydrogens is 278 g/mol. The number of rotatable bonds is 1. The molecule has 1 aliphatic rings. The summed E-state index contributed by atoms with van der Waals surface area (Å²) in [4.78, 5) is 6.16. The third-order valence-electron chi connectivity index (χ3n) is 2.86. The number of piperidine rings is 1. The third-order valence-corrected chi connectivity index (χ3v) is 3.84. The van der Waals surface area contributed by atoms with Crippen molar-refractivity contribution in [3.63, 3.8) is 0 Å². The van der Waals surface area contributed by atoms with Gasteiger partial charge in [-0.3, -0.25) is 0 Å². The van der Waals surface area contributed by atoms with Crippen molar-refractivity contribution in [1.82, 2.24) is 4.98 Å². The zero-order valence-electron chi connectivity index (χ0n) is 9.01. The second-order valence-electron chi connectivity index (χ2n) is 4.11.